The molecule has 2 N–H and O–H groups in total. The molecule has 1 aromatic rings. The van der Waals surface area contributed by atoms with E-state index >= 15 is 0 Å². The Morgan fingerprint density at radius 3 is 2.20 bits per heavy atom. The van der Waals surface area contributed by atoms with Crippen molar-refractivity contribution in [2.75, 3.05) is 12.3 Å². The van der Waals surface area contributed by atoms with Gasteiger partial charge in [0, 0.05) is 11.6 Å². The van der Waals surface area contributed by atoms with Crippen molar-refractivity contribution in [2.24, 2.45) is 0 Å². The van der Waals surface area contributed by atoms with Crippen molar-refractivity contribution in [3.8, 4) is 0 Å². The van der Waals surface area contributed by atoms with Crippen LogP contribution in [0, 0.1) is 0 Å². The minimum Gasteiger partial charge on any atom is -0.396 e. The van der Waals surface area contributed by atoms with Crippen LogP contribution in [0.4, 0.5) is 18.9 Å². The van der Waals surface area contributed by atoms with Gasteiger partial charge in [-0.2, -0.15) is 13.2 Å². The Hall–Kier alpha value is -1.14. The standard InChI is InChI=1S/C12H11Cl2F3N2O/c13-8-3-6(4-9(14)10(8)18)11(20)19(7-1-2-7)5-12(15,16)17/h3-4,7H,1-2,5,18H2. The molecule has 1 aliphatic rings. The quantitative estimate of drug-likeness (QED) is 0.860. The third-order valence-corrected chi connectivity index (χ3v) is 3.55. The summed E-state index contributed by atoms with van der Waals surface area (Å²) in [5.41, 5.74) is 5.63. The SMILES string of the molecule is Nc1c(Cl)cc(C(=O)N(CC(F)(F)F)C2CC2)cc1Cl. The third-order valence-electron chi connectivity index (χ3n) is 2.92. The van der Waals surface area contributed by atoms with Gasteiger partial charge in [0.05, 0.1) is 15.7 Å². The average Bonchev–Trinajstić information content (AvgIpc) is 3.14. The normalized spacial score (nSPS) is 15.2. The molecule has 20 heavy (non-hydrogen) atoms. The van der Waals surface area contributed by atoms with Crippen molar-refractivity contribution < 1.29 is 18.0 Å². The predicted octanol–water partition coefficient (Wildman–Crippen LogP) is 3.74. The summed E-state index contributed by atoms with van der Waals surface area (Å²) < 4.78 is 37.6. The van der Waals surface area contributed by atoms with E-state index in [1.165, 1.54) is 12.1 Å². The number of amides is 1. The van der Waals surface area contributed by atoms with Crippen LogP contribution in [0.15, 0.2) is 12.1 Å². The molecule has 1 aromatic carbocycles. The van der Waals surface area contributed by atoms with Crippen molar-refractivity contribution in [1.82, 2.24) is 4.90 Å². The summed E-state index contributed by atoms with van der Waals surface area (Å²) in [5, 5.41) is 0.0900. The molecule has 110 valence electrons. The van der Waals surface area contributed by atoms with Crippen molar-refractivity contribution in [2.45, 2.75) is 25.1 Å². The summed E-state index contributed by atoms with van der Waals surface area (Å²) in [6.07, 6.45) is -3.31. The molecule has 8 heteroatoms. The summed E-state index contributed by atoms with van der Waals surface area (Å²) in [4.78, 5) is 13.0. The first-order valence-corrected chi connectivity index (χ1v) is 6.57. The molecule has 0 bridgehead atoms. The number of nitrogen functional groups attached to an aromatic ring is 1. The Bertz CT molecular complexity index is 521. The number of benzene rings is 1. The second-order valence-electron chi connectivity index (χ2n) is 4.63. The van der Waals surface area contributed by atoms with Crippen molar-refractivity contribution in [3.05, 3.63) is 27.7 Å². The van der Waals surface area contributed by atoms with Gasteiger partial charge in [0.25, 0.3) is 5.91 Å². The Labute approximate surface area is 123 Å². The fourth-order valence-electron chi connectivity index (χ4n) is 1.82. The monoisotopic (exact) mass is 326 g/mol. The van der Waals surface area contributed by atoms with Gasteiger partial charge in [0.1, 0.15) is 6.54 Å². The Kier molecular flexibility index (Phi) is 4.07. The minimum atomic E-state index is -4.44. The van der Waals surface area contributed by atoms with Gasteiger partial charge >= 0.3 is 6.18 Å². The Morgan fingerprint density at radius 1 is 1.30 bits per heavy atom. The molecule has 2 rings (SSSR count). The molecule has 3 nitrogen and oxygen atoms in total. The number of nitrogens with two attached hydrogens (primary N) is 1. The Morgan fingerprint density at radius 2 is 1.80 bits per heavy atom. The number of carbonyl (C=O) groups is 1. The van der Waals surface area contributed by atoms with Gasteiger partial charge < -0.3 is 10.6 Å². The van der Waals surface area contributed by atoms with Gasteiger partial charge in [-0.3, -0.25) is 4.79 Å². The number of hydrogen-bond acceptors (Lipinski definition) is 2. The molecular formula is C12H11Cl2F3N2O. The van der Waals surface area contributed by atoms with E-state index in [1.807, 2.05) is 0 Å². The minimum absolute atomic E-state index is 0.00495. The lowest BCUT2D eigenvalue weighted by Gasteiger charge is -2.24. The van der Waals surface area contributed by atoms with Gasteiger partial charge in [-0.25, -0.2) is 0 Å². The lowest BCUT2D eigenvalue weighted by Crippen LogP contribution is -2.40. The molecule has 0 aromatic heterocycles. The van der Waals surface area contributed by atoms with E-state index in [9.17, 15) is 18.0 Å². The molecular weight excluding hydrogens is 316 g/mol. The molecule has 0 saturated heterocycles. The molecule has 0 heterocycles. The molecule has 0 atom stereocenters. The summed E-state index contributed by atoms with van der Waals surface area (Å²) in [5.74, 6) is -0.742. The van der Waals surface area contributed by atoms with E-state index in [-0.39, 0.29) is 27.3 Å². The first kappa shape index (κ1) is 15.3. The van der Waals surface area contributed by atoms with Gasteiger partial charge in [-0.05, 0) is 25.0 Å². The third kappa shape index (κ3) is 3.49. The van der Waals surface area contributed by atoms with Crippen molar-refractivity contribution in [3.63, 3.8) is 0 Å². The molecule has 1 amide bonds. The van der Waals surface area contributed by atoms with E-state index in [0.717, 1.165) is 4.90 Å². The highest BCUT2D eigenvalue weighted by Crippen LogP contribution is 2.34. The highest BCUT2D eigenvalue weighted by atomic mass is 35.5. The zero-order valence-electron chi connectivity index (χ0n) is 10.2. The zero-order chi connectivity index (χ0) is 15.1. The number of anilines is 1. The molecule has 0 aliphatic heterocycles. The van der Waals surface area contributed by atoms with Crippen LogP contribution < -0.4 is 5.73 Å². The number of hydrogen-bond donors (Lipinski definition) is 1. The van der Waals surface area contributed by atoms with Crippen molar-refractivity contribution in [1.29, 1.82) is 0 Å². The summed E-state index contributed by atoms with van der Waals surface area (Å²) in [6, 6.07) is 2.09. The molecule has 0 radical (unpaired) electrons. The maximum atomic E-state index is 12.5. The second kappa shape index (κ2) is 5.33. The maximum absolute atomic E-state index is 12.5. The number of nitrogens with zero attached hydrogens (tertiary/aromatic N) is 1. The van der Waals surface area contributed by atoms with Crippen LogP contribution >= 0.6 is 23.2 Å². The van der Waals surface area contributed by atoms with E-state index < -0.39 is 18.6 Å². The van der Waals surface area contributed by atoms with Crippen molar-refractivity contribution >= 4 is 34.8 Å². The van der Waals surface area contributed by atoms with Crippen LogP contribution in [0.3, 0.4) is 0 Å². The van der Waals surface area contributed by atoms with Crippen LogP contribution in [0.2, 0.25) is 10.0 Å². The van der Waals surface area contributed by atoms with Crippen LogP contribution in [0.5, 0.6) is 0 Å². The smallest absolute Gasteiger partial charge is 0.396 e. The lowest BCUT2D eigenvalue weighted by molar-refractivity contribution is -0.141. The number of halogens is 5. The molecule has 0 unspecified atom stereocenters. The van der Waals surface area contributed by atoms with Gasteiger partial charge in [-0.1, -0.05) is 23.2 Å². The van der Waals surface area contributed by atoms with Gasteiger partial charge in [-0.15, -0.1) is 0 Å². The largest absolute Gasteiger partial charge is 0.406 e. The van der Waals surface area contributed by atoms with Crippen LogP contribution in [0.25, 0.3) is 0 Å². The summed E-state index contributed by atoms with van der Waals surface area (Å²) >= 11 is 11.6. The fraction of sp³-hybridized carbons (Fsp3) is 0.417. The maximum Gasteiger partial charge on any atom is 0.406 e. The van der Waals surface area contributed by atoms with E-state index in [1.54, 1.807) is 0 Å². The zero-order valence-corrected chi connectivity index (χ0v) is 11.7. The number of carbonyl (C=O) groups excluding carboxylic acids is 1. The van der Waals surface area contributed by atoms with Crippen LogP contribution in [-0.4, -0.2) is 29.6 Å². The second-order valence-corrected chi connectivity index (χ2v) is 5.45. The topological polar surface area (TPSA) is 46.3 Å². The van der Waals surface area contributed by atoms with E-state index in [4.69, 9.17) is 28.9 Å². The molecule has 1 saturated carbocycles. The Balaban J connectivity index is 2.28. The predicted molar refractivity (Wildman–Crippen MR) is 71.0 cm³/mol. The number of rotatable bonds is 3. The molecule has 1 fully saturated rings. The summed E-state index contributed by atoms with van der Waals surface area (Å²) in [6.45, 7) is -1.28. The molecule has 1 aliphatic carbocycles. The molecule has 0 spiro atoms. The van der Waals surface area contributed by atoms with Gasteiger partial charge in [0.15, 0.2) is 0 Å². The van der Waals surface area contributed by atoms with Crippen LogP contribution in [-0.2, 0) is 0 Å². The average molecular weight is 327 g/mol. The lowest BCUT2D eigenvalue weighted by atomic mass is 10.1. The highest BCUT2D eigenvalue weighted by Gasteiger charge is 2.41. The summed E-state index contributed by atoms with van der Waals surface area (Å²) in [7, 11) is 0. The number of alkyl halides is 3. The van der Waals surface area contributed by atoms with E-state index in [2.05, 4.69) is 0 Å². The highest BCUT2D eigenvalue weighted by molar-refractivity contribution is 6.39. The first-order chi connectivity index (χ1) is 9.19. The first-order valence-electron chi connectivity index (χ1n) is 5.81. The fourth-order valence-corrected chi connectivity index (χ4v) is 2.31. The van der Waals surface area contributed by atoms with Crippen LogP contribution in [0.1, 0.15) is 23.2 Å². The van der Waals surface area contributed by atoms with Gasteiger partial charge in [0.2, 0.25) is 0 Å². The van der Waals surface area contributed by atoms with E-state index in [0.29, 0.717) is 12.8 Å².